The predicted octanol–water partition coefficient (Wildman–Crippen LogP) is 4.45. The summed E-state index contributed by atoms with van der Waals surface area (Å²) in [7, 11) is 0. The van der Waals surface area contributed by atoms with Gasteiger partial charge in [-0.25, -0.2) is 0 Å². The lowest BCUT2D eigenvalue weighted by Crippen LogP contribution is -2.27. The van der Waals surface area contributed by atoms with Crippen molar-refractivity contribution in [2.24, 2.45) is 5.92 Å². The SMILES string of the molecule is CC(C)CC(=O)Nc1ccc([C@H]2SCC(=O)N2c2ccccc2)cc1. The Morgan fingerprint density at radius 2 is 1.84 bits per heavy atom. The van der Waals surface area contributed by atoms with Crippen molar-refractivity contribution in [3.05, 3.63) is 60.2 Å². The minimum absolute atomic E-state index is 0.0269. The van der Waals surface area contributed by atoms with Gasteiger partial charge in [-0.05, 0) is 35.7 Å². The number of carbonyl (C=O) groups excluding carboxylic acids is 2. The number of thioether (sulfide) groups is 1. The third-order valence-electron chi connectivity index (χ3n) is 3.98. The summed E-state index contributed by atoms with van der Waals surface area (Å²) in [6.45, 7) is 4.05. The van der Waals surface area contributed by atoms with Gasteiger partial charge in [-0.3, -0.25) is 14.5 Å². The third-order valence-corrected chi connectivity index (χ3v) is 5.19. The zero-order valence-electron chi connectivity index (χ0n) is 14.4. The first kappa shape index (κ1) is 17.5. The van der Waals surface area contributed by atoms with E-state index >= 15 is 0 Å². The van der Waals surface area contributed by atoms with E-state index in [4.69, 9.17) is 0 Å². The quantitative estimate of drug-likeness (QED) is 0.863. The Balaban J connectivity index is 1.75. The van der Waals surface area contributed by atoms with Crippen LogP contribution in [0.3, 0.4) is 0 Å². The molecule has 2 aromatic carbocycles. The summed E-state index contributed by atoms with van der Waals surface area (Å²) in [5, 5.41) is 2.88. The fourth-order valence-corrected chi connectivity index (χ4v) is 4.03. The molecule has 2 amide bonds. The van der Waals surface area contributed by atoms with Crippen LogP contribution in [-0.4, -0.2) is 17.6 Å². The van der Waals surface area contributed by atoms with Gasteiger partial charge in [-0.1, -0.05) is 44.2 Å². The van der Waals surface area contributed by atoms with E-state index < -0.39 is 0 Å². The van der Waals surface area contributed by atoms with Crippen LogP contribution in [0.4, 0.5) is 11.4 Å². The van der Waals surface area contributed by atoms with Crippen LogP contribution in [0.15, 0.2) is 54.6 Å². The number of hydrogen-bond donors (Lipinski definition) is 1. The van der Waals surface area contributed by atoms with Gasteiger partial charge in [0.15, 0.2) is 0 Å². The first-order chi connectivity index (χ1) is 12.0. The summed E-state index contributed by atoms with van der Waals surface area (Å²) in [6.07, 6.45) is 0.510. The van der Waals surface area contributed by atoms with Gasteiger partial charge in [-0.15, -0.1) is 11.8 Å². The lowest BCUT2D eigenvalue weighted by atomic mass is 10.1. The Bertz CT molecular complexity index is 744. The summed E-state index contributed by atoms with van der Waals surface area (Å²) in [5.41, 5.74) is 2.76. The Kier molecular flexibility index (Phi) is 5.43. The second-order valence-electron chi connectivity index (χ2n) is 6.53. The van der Waals surface area contributed by atoms with Crippen molar-refractivity contribution >= 4 is 35.0 Å². The largest absolute Gasteiger partial charge is 0.326 e. The molecule has 5 heteroatoms. The number of benzene rings is 2. The van der Waals surface area contributed by atoms with Crippen LogP contribution in [0.2, 0.25) is 0 Å². The molecule has 1 heterocycles. The molecule has 0 radical (unpaired) electrons. The van der Waals surface area contributed by atoms with Gasteiger partial charge in [0.1, 0.15) is 5.37 Å². The molecule has 1 fully saturated rings. The summed E-state index contributed by atoms with van der Waals surface area (Å²) >= 11 is 1.62. The lowest BCUT2D eigenvalue weighted by molar-refractivity contribution is -0.117. The number of carbonyl (C=O) groups is 2. The Morgan fingerprint density at radius 3 is 2.48 bits per heavy atom. The van der Waals surface area contributed by atoms with Crippen LogP contribution in [0.1, 0.15) is 31.2 Å². The molecule has 0 bridgehead atoms. The van der Waals surface area contributed by atoms with Crippen molar-refractivity contribution in [1.82, 2.24) is 0 Å². The zero-order valence-corrected chi connectivity index (χ0v) is 15.3. The normalized spacial score (nSPS) is 17.2. The van der Waals surface area contributed by atoms with Crippen LogP contribution in [0, 0.1) is 5.92 Å². The molecule has 0 aromatic heterocycles. The molecule has 1 aliphatic heterocycles. The molecule has 1 atom stereocenters. The number of rotatable bonds is 5. The van der Waals surface area contributed by atoms with Crippen LogP contribution in [-0.2, 0) is 9.59 Å². The smallest absolute Gasteiger partial charge is 0.238 e. The van der Waals surface area contributed by atoms with E-state index in [0.717, 1.165) is 16.9 Å². The molecule has 0 unspecified atom stereocenters. The standard InChI is InChI=1S/C20H22N2O2S/c1-14(2)12-18(23)21-16-10-8-15(9-11-16)20-22(19(24)13-25-20)17-6-4-3-5-7-17/h3-11,14,20H,12-13H2,1-2H3,(H,21,23)/t20-/m1/s1. The molecule has 0 aliphatic carbocycles. The number of nitrogens with zero attached hydrogens (tertiary/aromatic N) is 1. The van der Waals surface area contributed by atoms with Gasteiger partial charge in [-0.2, -0.15) is 0 Å². The number of anilines is 2. The van der Waals surface area contributed by atoms with Crippen molar-refractivity contribution < 1.29 is 9.59 Å². The molecule has 2 aromatic rings. The molecule has 130 valence electrons. The maximum absolute atomic E-state index is 12.3. The summed E-state index contributed by atoms with van der Waals surface area (Å²) < 4.78 is 0. The van der Waals surface area contributed by atoms with E-state index in [1.54, 1.807) is 11.8 Å². The minimum atomic E-state index is -0.0321. The maximum atomic E-state index is 12.3. The summed E-state index contributed by atoms with van der Waals surface area (Å²) in [4.78, 5) is 26.0. The second-order valence-corrected chi connectivity index (χ2v) is 7.60. The molecule has 0 spiro atoms. The third kappa shape index (κ3) is 4.23. The molecule has 25 heavy (non-hydrogen) atoms. The highest BCUT2D eigenvalue weighted by Crippen LogP contribution is 2.41. The van der Waals surface area contributed by atoms with Gasteiger partial charge in [0.2, 0.25) is 11.8 Å². The molecule has 1 saturated heterocycles. The zero-order chi connectivity index (χ0) is 17.8. The van der Waals surface area contributed by atoms with Gasteiger partial charge >= 0.3 is 0 Å². The summed E-state index contributed by atoms with van der Waals surface area (Å²) in [5.74, 6) is 0.959. The van der Waals surface area contributed by atoms with Gasteiger partial charge < -0.3 is 5.32 Å². The molecular weight excluding hydrogens is 332 g/mol. The Hall–Kier alpha value is -2.27. The molecule has 0 saturated carbocycles. The number of amides is 2. The van der Waals surface area contributed by atoms with E-state index in [1.165, 1.54) is 0 Å². The number of para-hydroxylation sites is 1. The molecule has 3 rings (SSSR count). The lowest BCUT2D eigenvalue weighted by Gasteiger charge is -2.24. The van der Waals surface area contributed by atoms with Crippen LogP contribution >= 0.6 is 11.8 Å². The number of nitrogens with one attached hydrogen (secondary N) is 1. The minimum Gasteiger partial charge on any atom is -0.326 e. The highest BCUT2D eigenvalue weighted by molar-refractivity contribution is 8.00. The van der Waals surface area contributed by atoms with Gasteiger partial charge in [0.05, 0.1) is 5.75 Å². The average Bonchev–Trinajstić information content (AvgIpc) is 2.97. The van der Waals surface area contributed by atoms with Gasteiger partial charge in [0.25, 0.3) is 0 Å². The van der Waals surface area contributed by atoms with Crippen LogP contribution < -0.4 is 10.2 Å². The van der Waals surface area contributed by atoms with Crippen molar-refractivity contribution in [3.8, 4) is 0 Å². The summed E-state index contributed by atoms with van der Waals surface area (Å²) in [6, 6.07) is 17.5. The monoisotopic (exact) mass is 354 g/mol. The van der Waals surface area contributed by atoms with E-state index in [-0.39, 0.29) is 17.2 Å². The van der Waals surface area contributed by atoms with Crippen LogP contribution in [0.25, 0.3) is 0 Å². The highest BCUT2D eigenvalue weighted by Gasteiger charge is 2.33. The number of hydrogen-bond acceptors (Lipinski definition) is 3. The fraction of sp³-hybridized carbons (Fsp3) is 0.300. The molecular formula is C20H22N2O2S. The highest BCUT2D eigenvalue weighted by atomic mass is 32.2. The van der Waals surface area contributed by atoms with E-state index in [9.17, 15) is 9.59 Å². The topological polar surface area (TPSA) is 49.4 Å². The maximum Gasteiger partial charge on any atom is 0.238 e. The Labute approximate surface area is 152 Å². The van der Waals surface area contributed by atoms with E-state index in [1.807, 2.05) is 73.3 Å². The first-order valence-corrected chi connectivity index (χ1v) is 9.48. The van der Waals surface area contributed by atoms with Crippen molar-refractivity contribution in [2.75, 3.05) is 16.0 Å². The van der Waals surface area contributed by atoms with E-state index in [2.05, 4.69) is 5.32 Å². The molecule has 1 aliphatic rings. The van der Waals surface area contributed by atoms with Crippen molar-refractivity contribution in [1.29, 1.82) is 0 Å². The average molecular weight is 354 g/mol. The molecule has 1 N–H and O–H groups in total. The van der Waals surface area contributed by atoms with Crippen molar-refractivity contribution in [3.63, 3.8) is 0 Å². The van der Waals surface area contributed by atoms with E-state index in [0.29, 0.717) is 18.1 Å². The van der Waals surface area contributed by atoms with Crippen LogP contribution in [0.5, 0.6) is 0 Å². The fourth-order valence-electron chi connectivity index (χ4n) is 2.85. The van der Waals surface area contributed by atoms with Crippen molar-refractivity contribution in [2.45, 2.75) is 25.6 Å². The van der Waals surface area contributed by atoms with Gasteiger partial charge in [0, 0.05) is 17.8 Å². The second kappa shape index (κ2) is 7.74. The molecule has 4 nitrogen and oxygen atoms in total. The first-order valence-electron chi connectivity index (χ1n) is 8.43. The predicted molar refractivity (Wildman–Crippen MR) is 104 cm³/mol. The Morgan fingerprint density at radius 1 is 1.16 bits per heavy atom.